The average molecular weight is 300 g/mol. The number of nitrogens with zero attached hydrogens (tertiary/aromatic N) is 1. The molecule has 1 aromatic heterocycles. The second-order valence-electron chi connectivity index (χ2n) is 3.92. The minimum atomic E-state index is -4.01. The third kappa shape index (κ3) is 4.27. The van der Waals surface area contributed by atoms with Gasteiger partial charge in [-0.2, -0.15) is 8.42 Å². The summed E-state index contributed by atoms with van der Waals surface area (Å²) in [6, 6.07) is 7.50. The van der Waals surface area contributed by atoms with Gasteiger partial charge in [-0.3, -0.25) is 9.35 Å². The number of anilines is 1. The van der Waals surface area contributed by atoms with E-state index >= 15 is 0 Å². The van der Waals surface area contributed by atoms with Gasteiger partial charge >= 0.3 is 0 Å². The highest BCUT2D eigenvalue weighted by Crippen LogP contribution is 2.25. The fraction of sp³-hybridized carbons (Fsp3) is 0.273. The van der Waals surface area contributed by atoms with Crippen molar-refractivity contribution in [2.24, 2.45) is 0 Å². The maximum atomic E-state index is 11.6. The number of amides is 1. The number of rotatable bonds is 5. The zero-order valence-electron chi connectivity index (χ0n) is 9.87. The smallest absolute Gasteiger partial charge is 0.264 e. The molecule has 6 nitrogen and oxygen atoms in total. The molecule has 0 unspecified atom stereocenters. The van der Waals surface area contributed by atoms with Gasteiger partial charge in [-0.05, 0) is 18.6 Å². The molecule has 0 saturated heterocycles. The zero-order valence-corrected chi connectivity index (χ0v) is 11.5. The normalized spacial score (nSPS) is 11.6. The quantitative estimate of drug-likeness (QED) is 0.822. The van der Waals surface area contributed by atoms with E-state index in [-0.39, 0.29) is 18.7 Å². The molecule has 1 heterocycles. The van der Waals surface area contributed by atoms with E-state index < -0.39 is 15.9 Å². The molecule has 1 aromatic carbocycles. The summed E-state index contributed by atoms with van der Waals surface area (Å²) in [5, 5.41) is 3.09. The molecule has 0 radical (unpaired) electrons. The highest BCUT2D eigenvalue weighted by atomic mass is 32.2. The molecule has 8 heteroatoms. The first-order chi connectivity index (χ1) is 8.94. The summed E-state index contributed by atoms with van der Waals surface area (Å²) in [7, 11) is -4.01. The van der Waals surface area contributed by atoms with E-state index in [1.807, 2.05) is 24.3 Å². The van der Waals surface area contributed by atoms with Gasteiger partial charge in [0.05, 0.1) is 16.0 Å². The Hall–Kier alpha value is -1.51. The van der Waals surface area contributed by atoms with Gasteiger partial charge in [-0.25, -0.2) is 4.98 Å². The van der Waals surface area contributed by atoms with Crippen LogP contribution < -0.4 is 5.32 Å². The molecule has 0 bridgehead atoms. The van der Waals surface area contributed by atoms with E-state index in [1.54, 1.807) is 0 Å². The number of carbonyl (C=O) groups excluding carboxylic acids is 1. The fourth-order valence-corrected chi connectivity index (χ4v) is 2.91. The predicted molar refractivity (Wildman–Crippen MR) is 73.9 cm³/mol. The molecule has 0 aliphatic carbocycles. The first-order valence-corrected chi connectivity index (χ1v) is 7.97. The number of hydrogen-bond donors (Lipinski definition) is 2. The van der Waals surface area contributed by atoms with Crippen LogP contribution in [-0.2, 0) is 14.9 Å². The number of carbonyl (C=O) groups is 1. The number of benzene rings is 1. The Labute approximate surface area is 114 Å². The van der Waals surface area contributed by atoms with Gasteiger partial charge < -0.3 is 5.32 Å². The van der Waals surface area contributed by atoms with Crippen LogP contribution in [-0.4, -0.2) is 29.6 Å². The van der Waals surface area contributed by atoms with E-state index in [4.69, 9.17) is 4.55 Å². The maximum Gasteiger partial charge on any atom is 0.264 e. The van der Waals surface area contributed by atoms with Gasteiger partial charge in [0, 0.05) is 6.42 Å². The summed E-state index contributed by atoms with van der Waals surface area (Å²) >= 11 is 1.35. The molecule has 0 aliphatic rings. The number of thiazole rings is 1. The lowest BCUT2D eigenvalue weighted by Crippen LogP contribution is -2.13. The van der Waals surface area contributed by atoms with Gasteiger partial charge in [-0.1, -0.05) is 23.5 Å². The lowest BCUT2D eigenvalue weighted by atomic mass is 10.3. The van der Waals surface area contributed by atoms with Crippen LogP contribution in [0, 0.1) is 0 Å². The third-order valence-electron chi connectivity index (χ3n) is 2.35. The van der Waals surface area contributed by atoms with Crippen LogP contribution in [0.4, 0.5) is 5.13 Å². The van der Waals surface area contributed by atoms with Gasteiger partial charge in [0.15, 0.2) is 5.13 Å². The van der Waals surface area contributed by atoms with Crippen molar-refractivity contribution in [2.75, 3.05) is 11.1 Å². The van der Waals surface area contributed by atoms with Crippen molar-refractivity contribution in [3.8, 4) is 0 Å². The molecule has 1 amide bonds. The molecule has 0 fully saturated rings. The Morgan fingerprint density at radius 1 is 1.37 bits per heavy atom. The Morgan fingerprint density at radius 2 is 2.11 bits per heavy atom. The highest BCUT2D eigenvalue weighted by molar-refractivity contribution is 7.85. The van der Waals surface area contributed by atoms with Crippen LogP contribution in [0.15, 0.2) is 24.3 Å². The fourth-order valence-electron chi connectivity index (χ4n) is 1.52. The minimum Gasteiger partial charge on any atom is -0.302 e. The summed E-state index contributed by atoms with van der Waals surface area (Å²) in [5.41, 5.74) is 0.806. The highest BCUT2D eigenvalue weighted by Gasteiger charge is 2.10. The standard InChI is InChI=1S/C11H12N2O4S2/c14-10(6-3-7-19(15,16)17)13-11-12-8-4-1-2-5-9(8)18-11/h1-2,4-5H,3,6-7H2,(H,12,13,14)(H,15,16,17). The van der Waals surface area contributed by atoms with Crippen LogP contribution >= 0.6 is 11.3 Å². The van der Waals surface area contributed by atoms with Crippen molar-refractivity contribution in [2.45, 2.75) is 12.8 Å². The molecule has 19 heavy (non-hydrogen) atoms. The van der Waals surface area contributed by atoms with E-state index in [0.717, 1.165) is 10.2 Å². The number of aromatic nitrogens is 1. The Balaban J connectivity index is 1.92. The van der Waals surface area contributed by atoms with Crippen molar-refractivity contribution < 1.29 is 17.8 Å². The molecule has 0 atom stereocenters. The van der Waals surface area contributed by atoms with Crippen LogP contribution in [0.1, 0.15) is 12.8 Å². The number of hydrogen-bond acceptors (Lipinski definition) is 5. The second kappa shape index (κ2) is 5.64. The van der Waals surface area contributed by atoms with Crippen LogP contribution in [0.25, 0.3) is 10.2 Å². The first-order valence-electron chi connectivity index (χ1n) is 5.55. The monoisotopic (exact) mass is 300 g/mol. The number of fused-ring (bicyclic) bond motifs is 1. The van der Waals surface area contributed by atoms with E-state index in [0.29, 0.717) is 5.13 Å². The summed E-state index contributed by atoms with van der Waals surface area (Å²) in [5.74, 6) is -0.733. The van der Waals surface area contributed by atoms with Gasteiger partial charge in [-0.15, -0.1) is 0 Å². The molecule has 0 saturated carbocycles. The summed E-state index contributed by atoms with van der Waals surface area (Å²) < 4.78 is 30.5. The minimum absolute atomic E-state index is 0.0235. The molecule has 102 valence electrons. The Morgan fingerprint density at radius 3 is 2.79 bits per heavy atom. The van der Waals surface area contributed by atoms with Crippen molar-refractivity contribution in [1.82, 2.24) is 4.98 Å². The second-order valence-corrected chi connectivity index (χ2v) is 6.53. The average Bonchev–Trinajstić information content (AvgIpc) is 2.68. The Bertz CT molecular complexity index is 661. The lowest BCUT2D eigenvalue weighted by molar-refractivity contribution is -0.116. The van der Waals surface area contributed by atoms with E-state index in [9.17, 15) is 13.2 Å². The predicted octanol–water partition coefficient (Wildman–Crippen LogP) is 1.90. The summed E-state index contributed by atoms with van der Waals surface area (Å²) in [6.45, 7) is 0. The first kappa shape index (κ1) is 13.9. The third-order valence-corrected chi connectivity index (χ3v) is 4.10. The lowest BCUT2D eigenvalue weighted by Gasteiger charge is -2.00. The number of para-hydroxylation sites is 1. The van der Waals surface area contributed by atoms with Crippen LogP contribution in [0.3, 0.4) is 0 Å². The van der Waals surface area contributed by atoms with Crippen molar-refractivity contribution in [3.63, 3.8) is 0 Å². The Kier molecular flexibility index (Phi) is 4.13. The summed E-state index contributed by atoms with van der Waals surface area (Å²) in [6.07, 6.45) is 0.102. The van der Waals surface area contributed by atoms with Gasteiger partial charge in [0.1, 0.15) is 0 Å². The van der Waals surface area contributed by atoms with Gasteiger partial charge in [0.25, 0.3) is 10.1 Å². The molecular weight excluding hydrogens is 288 g/mol. The molecule has 2 rings (SSSR count). The zero-order chi connectivity index (χ0) is 13.9. The van der Waals surface area contributed by atoms with Crippen LogP contribution in [0.5, 0.6) is 0 Å². The molecular formula is C11H12N2O4S2. The topological polar surface area (TPSA) is 96.4 Å². The maximum absolute atomic E-state index is 11.6. The summed E-state index contributed by atoms with van der Waals surface area (Å²) in [4.78, 5) is 15.8. The van der Waals surface area contributed by atoms with Crippen molar-refractivity contribution >= 4 is 42.7 Å². The van der Waals surface area contributed by atoms with Crippen LogP contribution in [0.2, 0.25) is 0 Å². The molecule has 0 spiro atoms. The number of nitrogens with one attached hydrogen (secondary N) is 1. The van der Waals surface area contributed by atoms with Gasteiger partial charge in [0.2, 0.25) is 5.91 Å². The largest absolute Gasteiger partial charge is 0.302 e. The van der Waals surface area contributed by atoms with Crippen molar-refractivity contribution in [1.29, 1.82) is 0 Å². The molecule has 2 aromatic rings. The van der Waals surface area contributed by atoms with E-state index in [2.05, 4.69) is 10.3 Å². The molecule has 2 N–H and O–H groups in total. The molecule has 0 aliphatic heterocycles. The SMILES string of the molecule is O=C(CCCS(=O)(=O)O)Nc1nc2ccccc2s1. The van der Waals surface area contributed by atoms with Crippen molar-refractivity contribution in [3.05, 3.63) is 24.3 Å². The van der Waals surface area contributed by atoms with E-state index in [1.165, 1.54) is 11.3 Å².